The maximum absolute atomic E-state index is 10.5. The van der Waals surface area contributed by atoms with Gasteiger partial charge in [0.1, 0.15) is 5.97 Å². The first-order chi connectivity index (χ1) is 6.04. The number of carbonyl (C=O) groups excluding carboxylic acids is 3. The number of hydrogen-bond donors (Lipinski definition) is 1. The van der Waals surface area contributed by atoms with Gasteiger partial charge < -0.3 is 15.2 Å². The molecule has 0 saturated carbocycles. The van der Waals surface area contributed by atoms with Crippen molar-refractivity contribution >= 4 is 17.7 Å². The molecule has 0 heterocycles. The van der Waals surface area contributed by atoms with Crippen molar-refractivity contribution in [2.45, 2.75) is 26.2 Å². The second-order valence-electron chi connectivity index (χ2n) is 2.65. The van der Waals surface area contributed by atoms with Crippen molar-refractivity contribution in [3.8, 4) is 0 Å². The van der Waals surface area contributed by atoms with Crippen LogP contribution in [-0.2, 0) is 14.4 Å². The summed E-state index contributed by atoms with van der Waals surface area (Å²) in [6.45, 7) is 1.86. The molecule has 74 valence electrons. The maximum Gasteiger partial charge on any atom is 0.216 e. The molecular weight excluding hydrogens is 174 g/mol. The lowest BCUT2D eigenvalue weighted by Crippen LogP contribution is -2.31. The molecule has 0 rings (SSSR count). The number of unbranched alkanes of at least 4 members (excludes halogenated alkanes) is 1. The van der Waals surface area contributed by atoms with Crippen LogP contribution >= 0.6 is 0 Å². The van der Waals surface area contributed by atoms with Gasteiger partial charge in [0, 0.05) is 19.9 Å². The Morgan fingerprint density at radius 2 is 1.85 bits per heavy atom. The van der Waals surface area contributed by atoms with Gasteiger partial charge in [-0.3, -0.25) is 9.59 Å². The summed E-state index contributed by atoms with van der Waals surface area (Å²) in [5.74, 6) is -2.66. The number of aliphatic carboxylic acids is 1. The maximum atomic E-state index is 10.5. The molecule has 1 N–H and O–H groups in total. The van der Waals surface area contributed by atoms with E-state index in [1.807, 2.05) is 0 Å². The summed E-state index contributed by atoms with van der Waals surface area (Å²) in [5, 5.41) is 12.5. The van der Waals surface area contributed by atoms with Gasteiger partial charge in [0.25, 0.3) is 0 Å². The average Bonchev–Trinajstić information content (AvgIpc) is 2.02. The average molecular weight is 186 g/mol. The first kappa shape index (κ1) is 11.6. The largest absolute Gasteiger partial charge is 0.542 e. The van der Waals surface area contributed by atoms with Crippen LogP contribution in [0.2, 0.25) is 0 Å². The highest BCUT2D eigenvalue weighted by atomic mass is 16.4. The molecular formula is C8H12NO4-. The molecule has 0 spiro atoms. The van der Waals surface area contributed by atoms with Crippen molar-refractivity contribution < 1.29 is 19.5 Å². The van der Waals surface area contributed by atoms with E-state index in [2.05, 4.69) is 5.32 Å². The van der Waals surface area contributed by atoms with Crippen molar-refractivity contribution in [2.24, 2.45) is 0 Å². The number of hydrogen-bond acceptors (Lipinski definition) is 4. The van der Waals surface area contributed by atoms with Gasteiger partial charge in [0.15, 0.2) is 5.78 Å². The van der Waals surface area contributed by atoms with Crippen LogP contribution in [-0.4, -0.2) is 24.2 Å². The molecule has 0 unspecified atom stereocenters. The molecule has 0 radical (unpaired) electrons. The molecule has 0 fully saturated rings. The summed E-state index contributed by atoms with van der Waals surface area (Å²) in [5.41, 5.74) is 0. The third-order valence-electron chi connectivity index (χ3n) is 1.43. The SMILES string of the molecule is CC(=O)NCCCCC(=O)C(=O)[O-]. The van der Waals surface area contributed by atoms with Crippen LogP contribution in [0.1, 0.15) is 26.2 Å². The van der Waals surface area contributed by atoms with Gasteiger partial charge in [0.05, 0.1) is 0 Å². The fourth-order valence-corrected chi connectivity index (χ4v) is 0.777. The van der Waals surface area contributed by atoms with Crippen molar-refractivity contribution in [3.63, 3.8) is 0 Å². The van der Waals surface area contributed by atoms with E-state index in [0.29, 0.717) is 19.4 Å². The van der Waals surface area contributed by atoms with Crippen molar-refractivity contribution in [2.75, 3.05) is 6.54 Å². The Kier molecular flexibility index (Phi) is 5.50. The Bertz CT molecular complexity index is 212. The molecule has 0 saturated heterocycles. The summed E-state index contributed by atoms with van der Waals surface area (Å²) < 4.78 is 0. The lowest BCUT2D eigenvalue weighted by molar-refractivity contribution is -0.300. The van der Waals surface area contributed by atoms with Crippen LogP contribution in [0.3, 0.4) is 0 Å². The summed E-state index contributed by atoms with van der Waals surface area (Å²) in [6, 6.07) is 0. The molecule has 0 aromatic carbocycles. The van der Waals surface area contributed by atoms with E-state index in [4.69, 9.17) is 0 Å². The Labute approximate surface area is 76.1 Å². The van der Waals surface area contributed by atoms with Crippen molar-refractivity contribution in [1.82, 2.24) is 5.32 Å². The summed E-state index contributed by atoms with van der Waals surface area (Å²) in [6.07, 6.45) is 1.02. The predicted octanol–water partition coefficient (Wildman–Crippen LogP) is -1.39. The van der Waals surface area contributed by atoms with Crippen molar-refractivity contribution in [1.29, 1.82) is 0 Å². The van der Waals surface area contributed by atoms with E-state index in [1.54, 1.807) is 0 Å². The summed E-state index contributed by atoms with van der Waals surface area (Å²) in [4.78, 5) is 30.8. The highest BCUT2D eigenvalue weighted by Gasteiger charge is 2.01. The zero-order valence-electron chi connectivity index (χ0n) is 7.46. The van der Waals surface area contributed by atoms with E-state index < -0.39 is 11.8 Å². The number of ketones is 1. The first-order valence-corrected chi connectivity index (χ1v) is 4.02. The highest BCUT2D eigenvalue weighted by Crippen LogP contribution is 1.94. The Morgan fingerprint density at radius 1 is 1.23 bits per heavy atom. The third kappa shape index (κ3) is 6.99. The second-order valence-corrected chi connectivity index (χ2v) is 2.65. The normalized spacial score (nSPS) is 9.31. The minimum Gasteiger partial charge on any atom is -0.542 e. The standard InChI is InChI=1S/C8H13NO4/c1-6(10)9-5-3-2-4-7(11)8(12)13/h2-5H2,1H3,(H,9,10)(H,12,13)/p-1. The Balaban J connectivity index is 3.31. The predicted molar refractivity (Wildman–Crippen MR) is 42.5 cm³/mol. The fourth-order valence-electron chi connectivity index (χ4n) is 0.777. The van der Waals surface area contributed by atoms with Gasteiger partial charge in [-0.25, -0.2) is 0 Å². The second kappa shape index (κ2) is 6.16. The van der Waals surface area contributed by atoms with E-state index in [1.165, 1.54) is 6.92 Å². The topological polar surface area (TPSA) is 86.3 Å². The first-order valence-electron chi connectivity index (χ1n) is 4.02. The molecule has 0 aliphatic carbocycles. The van der Waals surface area contributed by atoms with Crippen LogP contribution in [0, 0.1) is 0 Å². The number of carboxylic acid groups (broad SMARTS) is 1. The minimum atomic E-state index is -1.64. The third-order valence-corrected chi connectivity index (χ3v) is 1.43. The molecule has 1 amide bonds. The van der Waals surface area contributed by atoms with Gasteiger partial charge in [-0.1, -0.05) is 0 Å². The molecule has 5 nitrogen and oxygen atoms in total. The van der Waals surface area contributed by atoms with E-state index >= 15 is 0 Å². The quantitative estimate of drug-likeness (QED) is 0.409. The van der Waals surface area contributed by atoms with Gasteiger partial charge in [-0.2, -0.15) is 0 Å². The monoisotopic (exact) mass is 186 g/mol. The zero-order chi connectivity index (χ0) is 10.3. The van der Waals surface area contributed by atoms with Crippen LogP contribution in [0.15, 0.2) is 0 Å². The molecule has 0 bridgehead atoms. The molecule has 13 heavy (non-hydrogen) atoms. The van der Waals surface area contributed by atoms with E-state index in [0.717, 1.165) is 0 Å². The number of carboxylic acids is 1. The lowest BCUT2D eigenvalue weighted by Gasteiger charge is -2.02. The molecule has 0 aromatic rings. The summed E-state index contributed by atoms with van der Waals surface area (Å²) in [7, 11) is 0. The van der Waals surface area contributed by atoms with Crippen LogP contribution < -0.4 is 10.4 Å². The molecule has 5 heteroatoms. The fraction of sp³-hybridized carbons (Fsp3) is 0.625. The van der Waals surface area contributed by atoms with E-state index in [-0.39, 0.29) is 12.3 Å². The molecule has 0 aromatic heterocycles. The van der Waals surface area contributed by atoms with Gasteiger partial charge in [0.2, 0.25) is 5.91 Å². The van der Waals surface area contributed by atoms with Crippen LogP contribution in [0.4, 0.5) is 0 Å². The van der Waals surface area contributed by atoms with E-state index in [9.17, 15) is 19.5 Å². The summed E-state index contributed by atoms with van der Waals surface area (Å²) >= 11 is 0. The minimum absolute atomic E-state index is 0.0259. The van der Waals surface area contributed by atoms with Crippen molar-refractivity contribution in [3.05, 3.63) is 0 Å². The smallest absolute Gasteiger partial charge is 0.216 e. The zero-order valence-corrected chi connectivity index (χ0v) is 7.46. The molecule has 0 aliphatic rings. The van der Waals surface area contributed by atoms with Crippen LogP contribution in [0.5, 0.6) is 0 Å². The van der Waals surface area contributed by atoms with Gasteiger partial charge in [-0.05, 0) is 12.8 Å². The number of Topliss-reactive ketones (excluding diaryl/α,β-unsaturated/α-hetero) is 1. The van der Waals surface area contributed by atoms with Crippen LogP contribution in [0.25, 0.3) is 0 Å². The molecule has 0 aliphatic heterocycles. The number of carbonyl (C=O) groups is 3. The Hall–Kier alpha value is -1.39. The lowest BCUT2D eigenvalue weighted by atomic mass is 10.2. The Morgan fingerprint density at radius 3 is 2.31 bits per heavy atom. The molecule has 0 atom stereocenters. The number of amides is 1. The number of rotatable bonds is 6. The van der Waals surface area contributed by atoms with Gasteiger partial charge in [-0.15, -0.1) is 0 Å². The van der Waals surface area contributed by atoms with Gasteiger partial charge >= 0.3 is 0 Å². The highest BCUT2D eigenvalue weighted by molar-refractivity contribution is 6.31. The number of nitrogens with one attached hydrogen (secondary N) is 1.